The molecule has 9 nitrogen and oxygen atoms in total. The van der Waals surface area contributed by atoms with Crippen LogP contribution in [-0.4, -0.2) is 79.3 Å². The maximum Gasteiger partial charge on any atom is 0.324 e. The van der Waals surface area contributed by atoms with Gasteiger partial charge >= 0.3 is 6.03 Å². The van der Waals surface area contributed by atoms with Crippen molar-refractivity contribution in [2.45, 2.75) is 37.8 Å². The highest BCUT2D eigenvalue weighted by molar-refractivity contribution is 7.98. The summed E-state index contributed by atoms with van der Waals surface area (Å²) in [6.07, 6.45) is 3.41. The maximum atomic E-state index is 12.6. The maximum absolute atomic E-state index is 12.6. The molecule has 0 unspecified atom stereocenters. The first-order valence-corrected chi connectivity index (χ1v) is 11.5. The van der Waals surface area contributed by atoms with Gasteiger partial charge in [-0.05, 0) is 49.0 Å². The third kappa shape index (κ3) is 7.03. The summed E-state index contributed by atoms with van der Waals surface area (Å²) in [6, 6.07) is 3.97. The van der Waals surface area contributed by atoms with Crippen LogP contribution in [0.15, 0.2) is 18.2 Å². The second-order valence-electron chi connectivity index (χ2n) is 7.20. The molecule has 31 heavy (non-hydrogen) atoms. The van der Waals surface area contributed by atoms with Crippen molar-refractivity contribution >= 4 is 29.6 Å². The van der Waals surface area contributed by atoms with Crippen LogP contribution >= 0.6 is 11.8 Å². The van der Waals surface area contributed by atoms with Crippen LogP contribution < -0.4 is 20.1 Å². The monoisotopic (exact) mass is 453 g/mol. The number of benzene rings is 1. The lowest BCUT2D eigenvalue weighted by atomic mass is 10.1. The second-order valence-corrected chi connectivity index (χ2v) is 8.18. The zero-order valence-corrected chi connectivity index (χ0v) is 19.0. The zero-order valence-electron chi connectivity index (χ0n) is 18.2. The number of aliphatic hydroxyl groups is 1. The quantitative estimate of drug-likeness (QED) is 0.384. The normalized spacial score (nSPS) is 16.8. The molecule has 0 spiro atoms. The van der Waals surface area contributed by atoms with Crippen LogP contribution in [0.25, 0.3) is 0 Å². The Hall–Kier alpha value is -2.46. The summed E-state index contributed by atoms with van der Waals surface area (Å²) in [7, 11) is 3.10. The molecule has 0 aromatic heterocycles. The summed E-state index contributed by atoms with van der Waals surface area (Å²) in [5, 5.41) is 14.8. The highest BCUT2D eigenvalue weighted by Crippen LogP contribution is 2.28. The van der Waals surface area contributed by atoms with Gasteiger partial charge in [-0.2, -0.15) is 11.8 Å². The molecule has 1 aliphatic heterocycles. The van der Waals surface area contributed by atoms with E-state index in [0.29, 0.717) is 24.3 Å². The number of urea groups is 1. The highest BCUT2D eigenvalue weighted by Gasteiger charge is 2.37. The molecule has 4 amide bonds. The number of nitrogens with one attached hydrogen (secondary N) is 2. The minimum Gasteiger partial charge on any atom is -0.493 e. The number of nitrogens with zero attached hydrogens (tertiary/aromatic N) is 1. The first-order chi connectivity index (χ1) is 14.9. The lowest BCUT2D eigenvalue weighted by Crippen LogP contribution is -2.39. The minimum absolute atomic E-state index is 0.0932. The fraction of sp³-hybridized carbons (Fsp3) is 0.571. The van der Waals surface area contributed by atoms with Crippen LogP contribution in [0.4, 0.5) is 4.79 Å². The van der Waals surface area contributed by atoms with Crippen LogP contribution in [-0.2, 0) is 16.0 Å². The Labute approximate surface area is 186 Å². The molecule has 0 saturated carbocycles. The van der Waals surface area contributed by atoms with E-state index in [9.17, 15) is 19.5 Å². The molecular formula is C21H31N3O6S. The Morgan fingerprint density at radius 3 is 2.68 bits per heavy atom. The van der Waals surface area contributed by atoms with Gasteiger partial charge < -0.3 is 25.2 Å². The van der Waals surface area contributed by atoms with Crippen molar-refractivity contribution in [3.05, 3.63) is 23.8 Å². The average Bonchev–Trinajstić information content (AvgIpc) is 3.05. The van der Waals surface area contributed by atoms with Crippen molar-refractivity contribution in [3.63, 3.8) is 0 Å². The van der Waals surface area contributed by atoms with Gasteiger partial charge in [0.05, 0.1) is 26.9 Å². The predicted octanol–water partition coefficient (Wildman–Crippen LogP) is 1.18. The number of thioether (sulfide) groups is 1. The topological polar surface area (TPSA) is 117 Å². The Bertz CT molecular complexity index is 775. The number of hydrogen-bond acceptors (Lipinski definition) is 7. The van der Waals surface area contributed by atoms with Crippen LogP contribution in [0, 0.1) is 0 Å². The number of ether oxygens (including phenoxy) is 2. The molecule has 2 atom stereocenters. The summed E-state index contributed by atoms with van der Waals surface area (Å²) < 4.78 is 10.5. The van der Waals surface area contributed by atoms with Gasteiger partial charge in [-0.1, -0.05) is 6.07 Å². The van der Waals surface area contributed by atoms with E-state index in [0.717, 1.165) is 11.3 Å². The molecule has 172 valence electrons. The van der Waals surface area contributed by atoms with E-state index in [1.165, 1.54) is 4.90 Å². The van der Waals surface area contributed by atoms with Gasteiger partial charge in [0, 0.05) is 13.0 Å². The molecule has 10 heteroatoms. The summed E-state index contributed by atoms with van der Waals surface area (Å²) in [6.45, 7) is 0.0967. The van der Waals surface area contributed by atoms with Crippen molar-refractivity contribution < 1.29 is 29.0 Å². The molecule has 1 saturated heterocycles. The van der Waals surface area contributed by atoms with Gasteiger partial charge in [0.15, 0.2) is 11.5 Å². The van der Waals surface area contributed by atoms with Crippen molar-refractivity contribution in [1.82, 2.24) is 15.5 Å². The molecule has 1 aliphatic rings. The lowest BCUT2D eigenvalue weighted by molar-refractivity contribution is -0.127. The van der Waals surface area contributed by atoms with E-state index in [-0.39, 0.29) is 43.8 Å². The number of imide groups is 1. The molecule has 1 aromatic carbocycles. The molecule has 1 heterocycles. The van der Waals surface area contributed by atoms with Crippen molar-refractivity contribution in [3.8, 4) is 11.5 Å². The average molecular weight is 454 g/mol. The number of rotatable bonds is 13. The SMILES string of the molecule is COc1ccc(CCN2C(=O)N[C@H](CCC(=O)N[C@H](CO)CCSC)C2=O)cc1OC. The Kier molecular flexibility index (Phi) is 9.93. The van der Waals surface area contributed by atoms with E-state index in [1.807, 2.05) is 18.4 Å². The number of carbonyl (C=O) groups is 3. The highest BCUT2D eigenvalue weighted by atomic mass is 32.2. The third-order valence-corrected chi connectivity index (χ3v) is 5.74. The summed E-state index contributed by atoms with van der Waals surface area (Å²) in [5.74, 6) is 1.44. The summed E-state index contributed by atoms with van der Waals surface area (Å²) in [4.78, 5) is 38.2. The summed E-state index contributed by atoms with van der Waals surface area (Å²) >= 11 is 1.64. The first-order valence-electron chi connectivity index (χ1n) is 10.1. The Balaban J connectivity index is 1.85. The van der Waals surface area contributed by atoms with Gasteiger partial charge in [-0.15, -0.1) is 0 Å². The smallest absolute Gasteiger partial charge is 0.324 e. The molecule has 2 rings (SSSR count). The van der Waals surface area contributed by atoms with Crippen LogP contribution in [0.5, 0.6) is 11.5 Å². The van der Waals surface area contributed by atoms with Crippen molar-refractivity contribution in [2.24, 2.45) is 0 Å². The largest absolute Gasteiger partial charge is 0.493 e. The number of hydrogen-bond donors (Lipinski definition) is 3. The van der Waals surface area contributed by atoms with Gasteiger partial charge in [0.2, 0.25) is 5.91 Å². The Morgan fingerprint density at radius 2 is 2.03 bits per heavy atom. The Morgan fingerprint density at radius 1 is 1.29 bits per heavy atom. The lowest BCUT2D eigenvalue weighted by Gasteiger charge is -2.16. The van der Waals surface area contributed by atoms with E-state index < -0.39 is 12.1 Å². The van der Waals surface area contributed by atoms with Gasteiger partial charge in [0.25, 0.3) is 5.91 Å². The molecule has 0 aliphatic carbocycles. The van der Waals surface area contributed by atoms with E-state index in [2.05, 4.69) is 10.6 Å². The standard InChI is InChI=1S/C21H31N3O6S/c1-29-17-6-4-14(12-18(17)30-2)8-10-24-20(27)16(23-21(24)28)5-7-19(26)22-15(13-25)9-11-31-3/h4,6,12,15-16,25H,5,7-11,13H2,1-3H3,(H,22,26)(H,23,28)/t15-,16+/m0/s1. The molecule has 0 radical (unpaired) electrons. The fourth-order valence-electron chi connectivity index (χ4n) is 3.31. The number of amides is 4. The summed E-state index contributed by atoms with van der Waals surface area (Å²) in [5.41, 5.74) is 0.904. The molecule has 3 N–H and O–H groups in total. The predicted molar refractivity (Wildman–Crippen MR) is 119 cm³/mol. The number of carbonyl (C=O) groups excluding carboxylic acids is 3. The fourth-order valence-corrected chi connectivity index (χ4v) is 3.83. The first kappa shape index (κ1) is 24.8. The van der Waals surface area contributed by atoms with Crippen LogP contribution in [0.1, 0.15) is 24.8 Å². The van der Waals surface area contributed by atoms with E-state index in [4.69, 9.17) is 9.47 Å². The van der Waals surface area contributed by atoms with E-state index in [1.54, 1.807) is 32.0 Å². The van der Waals surface area contributed by atoms with Crippen LogP contribution in [0.3, 0.4) is 0 Å². The van der Waals surface area contributed by atoms with Crippen LogP contribution in [0.2, 0.25) is 0 Å². The molecular weight excluding hydrogens is 422 g/mol. The van der Waals surface area contributed by atoms with Crippen molar-refractivity contribution in [1.29, 1.82) is 0 Å². The molecule has 1 fully saturated rings. The number of aliphatic hydroxyl groups excluding tert-OH is 1. The van der Waals surface area contributed by atoms with Gasteiger partial charge in [0.1, 0.15) is 6.04 Å². The number of methoxy groups -OCH3 is 2. The molecule has 1 aromatic rings. The third-order valence-electron chi connectivity index (χ3n) is 5.10. The van der Waals surface area contributed by atoms with E-state index >= 15 is 0 Å². The van der Waals surface area contributed by atoms with Gasteiger partial charge in [-0.25, -0.2) is 4.79 Å². The van der Waals surface area contributed by atoms with Crippen molar-refractivity contribution in [2.75, 3.05) is 39.4 Å². The molecule has 0 bridgehead atoms. The zero-order chi connectivity index (χ0) is 22.8. The minimum atomic E-state index is -0.720. The van der Waals surface area contributed by atoms with Gasteiger partial charge in [-0.3, -0.25) is 14.5 Å². The second kappa shape index (κ2) is 12.4.